The minimum Gasteiger partial charge on any atom is -0.497 e. The Balaban J connectivity index is 2.10. The first-order valence-corrected chi connectivity index (χ1v) is 6.68. The first kappa shape index (κ1) is 11.6. The Morgan fingerprint density at radius 1 is 1.00 bits per heavy atom. The molecule has 2 nitrogen and oxygen atoms in total. The van der Waals surface area contributed by atoms with Gasteiger partial charge in [0.05, 0.1) is 7.11 Å². The highest BCUT2D eigenvalue weighted by Gasteiger charge is 2.06. The molecule has 0 aliphatic rings. The normalized spacial score (nSPS) is 10.8. The molecule has 0 aliphatic heterocycles. The first-order valence-electron chi connectivity index (χ1n) is 5.60. The average molecular weight is 350 g/mol. The van der Waals surface area contributed by atoms with Crippen LogP contribution in [0.4, 0.5) is 0 Å². The van der Waals surface area contributed by atoms with Crippen LogP contribution in [0, 0.1) is 3.57 Å². The number of benzene rings is 2. The fourth-order valence-electron chi connectivity index (χ4n) is 1.90. The van der Waals surface area contributed by atoms with E-state index in [1.54, 1.807) is 7.11 Å². The van der Waals surface area contributed by atoms with Crippen LogP contribution < -0.4 is 4.74 Å². The molecule has 0 saturated heterocycles. The molecule has 0 radical (unpaired) electrons. The molecule has 1 heterocycles. The van der Waals surface area contributed by atoms with E-state index < -0.39 is 0 Å². The van der Waals surface area contributed by atoms with Gasteiger partial charge in [-0.1, -0.05) is 12.1 Å². The predicted molar refractivity (Wildman–Crippen MR) is 80.9 cm³/mol. The predicted octanol–water partition coefficient (Wildman–Crippen LogP) is 4.71. The summed E-state index contributed by atoms with van der Waals surface area (Å²) in [5, 5.41) is 1.06. The van der Waals surface area contributed by atoms with Gasteiger partial charge in [-0.25, -0.2) is 0 Å². The topological polar surface area (TPSA) is 22.4 Å². The van der Waals surface area contributed by atoms with Crippen molar-refractivity contribution in [3.63, 3.8) is 0 Å². The Hall–Kier alpha value is -1.49. The lowest BCUT2D eigenvalue weighted by Gasteiger charge is -1.96. The van der Waals surface area contributed by atoms with Crippen molar-refractivity contribution in [2.45, 2.75) is 0 Å². The number of furan rings is 1. The molecule has 0 bridgehead atoms. The third-order valence-corrected chi connectivity index (χ3v) is 3.57. The SMILES string of the molecule is COc1ccc2oc(-c3ccc(I)cc3)cc2c1. The van der Waals surface area contributed by atoms with Gasteiger partial charge in [0.2, 0.25) is 0 Å². The van der Waals surface area contributed by atoms with Crippen LogP contribution >= 0.6 is 22.6 Å². The van der Waals surface area contributed by atoms with Crippen molar-refractivity contribution >= 4 is 33.6 Å². The van der Waals surface area contributed by atoms with Gasteiger partial charge in [-0.15, -0.1) is 0 Å². The molecular weight excluding hydrogens is 339 g/mol. The zero-order valence-corrected chi connectivity index (χ0v) is 12.0. The van der Waals surface area contributed by atoms with Crippen molar-refractivity contribution in [1.29, 1.82) is 0 Å². The fraction of sp³-hybridized carbons (Fsp3) is 0.0667. The average Bonchev–Trinajstić information content (AvgIpc) is 2.82. The van der Waals surface area contributed by atoms with E-state index in [-0.39, 0.29) is 0 Å². The molecule has 1 aromatic heterocycles. The molecule has 0 saturated carbocycles. The maximum Gasteiger partial charge on any atom is 0.135 e. The summed E-state index contributed by atoms with van der Waals surface area (Å²) in [5.41, 5.74) is 1.97. The van der Waals surface area contributed by atoms with Crippen molar-refractivity contribution in [2.75, 3.05) is 7.11 Å². The van der Waals surface area contributed by atoms with Crippen LogP contribution in [0.2, 0.25) is 0 Å². The lowest BCUT2D eigenvalue weighted by Crippen LogP contribution is -1.79. The zero-order chi connectivity index (χ0) is 12.5. The molecule has 2 aromatic carbocycles. The molecular formula is C15H11IO2. The third-order valence-electron chi connectivity index (χ3n) is 2.85. The first-order chi connectivity index (χ1) is 8.76. The minimum atomic E-state index is 0.845. The van der Waals surface area contributed by atoms with E-state index in [4.69, 9.17) is 9.15 Å². The van der Waals surface area contributed by atoms with Gasteiger partial charge >= 0.3 is 0 Å². The summed E-state index contributed by atoms with van der Waals surface area (Å²) in [7, 11) is 1.67. The zero-order valence-electron chi connectivity index (χ0n) is 9.81. The van der Waals surface area contributed by atoms with Gasteiger partial charge in [-0.3, -0.25) is 0 Å². The lowest BCUT2D eigenvalue weighted by molar-refractivity contribution is 0.415. The van der Waals surface area contributed by atoms with Crippen molar-refractivity contribution in [1.82, 2.24) is 0 Å². The van der Waals surface area contributed by atoms with Crippen molar-refractivity contribution in [3.05, 3.63) is 52.1 Å². The summed E-state index contributed by atoms with van der Waals surface area (Å²) in [5.74, 6) is 1.73. The van der Waals surface area contributed by atoms with Gasteiger partial charge in [-0.05, 0) is 59.0 Å². The van der Waals surface area contributed by atoms with Gasteiger partial charge < -0.3 is 9.15 Å². The number of hydrogen-bond donors (Lipinski definition) is 0. The van der Waals surface area contributed by atoms with Crippen LogP contribution in [0.1, 0.15) is 0 Å². The summed E-state index contributed by atoms with van der Waals surface area (Å²) in [4.78, 5) is 0. The standard InChI is InChI=1S/C15H11IO2/c1-17-13-6-7-14-11(8-13)9-15(18-14)10-2-4-12(16)5-3-10/h2-9H,1H3. The summed E-state index contributed by atoms with van der Waals surface area (Å²) >= 11 is 2.29. The van der Waals surface area contributed by atoms with Gasteiger partial charge in [0.15, 0.2) is 0 Å². The maximum atomic E-state index is 5.84. The van der Waals surface area contributed by atoms with E-state index in [1.165, 1.54) is 3.57 Å². The summed E-state index contributed by atoms with van der Waals surface area (Å²) in [6.07, 6.45) is 0. The molecule has 0 spiro atoms. The molecule has 0 unspecified atom stereocenters. The second-order valence-corrected chi connectivity index (χ2v) is 5.27. The Morgan fingerprint density at radius 2 is 1.78 bits per heavy atom. The van der Waals surface area contributed by atoms with Gasteiger partial charge in [0, 0.05) is 14.5 Å². The molecule has 18 heavy (non-hydrogen) atoms. The molecule has 90 valence electrons. The number of fused-ring (bicyclic) bond motifs is 1. The van der Waals surface area contributed by atoms with Crippen LogP contribution in [0.3, 0.4) is 0 Å². The van der Waals surface area contributed by atoms with E-state index in [1.807, 2.05) is 24.3 Å². The van der Waals surface area contributed by atoms with Gasteiger partial charge in [0.1, 0.15) is 17.1 Å². The highest BCUT2D eigenvalue weighted by atomic mass is 127. The fourth-order valence-corrected chi connectivity index (χ4v) is 2.26. The largest absolute Gasteiger partial charge is 0.497 e. The Labute approximate surface area is 119 Å². The summed E-state index contributed by atoms with van der Waals surface area (Å²) < 4.78 is 12.3. The number of methoxy groups -OCH3 is 1. The molecule has 3 heteroatoms. The Bertz CT molecular complexity index is 683. The monoisotopic (exact) mass is 350 g/mol. The van der Waals surface area contributed by atoms with Crippen LogP contribution in [-0.4, -0.2) is 7.11 Å². The number of ether oxygens (including phenoxy) is 1. The quantitative estimate of drug-likeness (QED) is 0.625. The second kappa shape index (κ2) is 4.65. The third kappa shape index (κ3) is 2.10. The lowest BCUT2D eigenvalue weighted by atomic mass is 10.1. The molecule has 0 N–H and O–H groups in total. The molecule has 0 amide bonds. The molecule has 3 rings (SSSR count). The number of halogens is 1. The Morgan fingerprint density at radius 3 is 2.50 bits per heavy atom. The van der Waals surface area contributed by atoms with Crippen LogP contribution in [-0.2, 0) is 0 Å². The Kier molecular flexibility index (Phi) is 2.99. The molecule has 0 atom stereocenters. The second-order valence-electron chi connectivity index (χ2n) is 4.02. The van der Waals surface area contributed by atoms with Crippen LogP contribution in [0.5, 0.6) is 5.75 Å². The van der Waals surface area contributed by atoms with E-state index in [9.17, 15) is 0 Å². The van der Waals surface area contributed by atoms with E-state index >= 15 is 0 Å². The summed E-state index contributed by atoms with van der Waals surface area (Å²) in [6, 6.07) is 16.1. The van der Waals surface area contributed by atoms with Crippen molar-refractivity contribution in [2.24, 2.45) is 0 Å². The molecule has 0 fully saturated rings. The van der Waals surface area contributed by atoms with E-state index in [2.05, 4.69) is 46.9 Å². The van der Waals surface area contributed by atoms with Crippen LogP contribution in [0.25, 0.3) is 22.3 Å². The number of rotatable bonds is 2. The molecule has 0 aliphatic carbocycles. The maximum absolute atomic E-state index is 5.84. The summed E-state index contributed by atoms with van der Waals surface area (Å²) in [6.45, 7) is 0. The van der Waals surface area contributed by atoms with Crippen molar-refractivity contribution < 1.29 is 9.15 Å². The number of hydrogen-bond acceptors (Lipinski definition) is 2. The highest BCUT2D eigenvalue weighted by molar-refractivity contribution is 14.1. The smallest absolute Gasteiger partial charge is 0.135 e. The van der Waals surface area contributed by atoms with E-state index in [0.717, 1.165) is 28.0 Å². The van der Waals surface area contributed by atoms with Gasteiger partial charge in [-0.2, -0.15) is 0 Å². The highest BCUT2D eigenvalue weighted by Crippen LogP contribution is 2.30. The van der Waals surface area contributed by atoms with Crippen LogP contribution in [0.15, 0.2) is 52.9 Å². The van der Waals surface area contributed by atoms with E-state index in [0.29, 0.717) is 0 Å². The minimum absolute atomic E-state index is 0.845. The molecule has 3 aromatic rings. The van der Waals surface area contributed by atoms with Gasteiger partial charge in [0.25, 0.3) is 0 Å². The van der Waals surface area contributed by atoms with Crippen molar-refractivity contribution in [3.8, 4) is 17.1 Å².